The van der Waals surface area contributed by atoms with Gasteiger partial charge in [-0.15, -0.1) is 0 Å². The summed E-state index contributed by atoms with van der Waals surface area (Å²) in [5.74, 6) is 0.0595. The molecule has 2 rings (SSSR count). The Bertz CT molecular complexity index is 625. The van der Waals surface area contributed by atoms with Gasteiger partial charge in [0, 0.05) is 18.2 Å². The normalized spacial score (nSPS) is 10.4. The van der Waals surface area contributed by atoms with Crippen molar-refractivity contribution in [2.45, 2.75) is 0 Å². The molecule has 0 N–H and O–H groups in total. The lowest BCUT2D eigenvalue weighted by molar-refractivity contribution is -0.671. The molecular formula is C17H16NO2+. The van der Waals surface area contributed by atoms with Gasteiger partial charge in [0.05, 0.1) is 0 Å². The fraction of sp³-hybridized carbons (Fsp3) is 0.0588. The zero-order chi connectivity index (χ0) is 14.4. The number of esters is 1. The van der Waals surface area contributed by atoms with E-state index in [1.807, 2.05) is 60.4 Å². The summed E-state index contributed by atoms with van der Waals surface area (Å²) in [4.78, 5) is 11.0. The number of ether oxygens (including phenoxy) is 1. The van der Waals surface area contributed by atoms with E-state index in [0.717, 1.165) is 17.2 Å². The first-order valence-electron chi connectivity index (χ1n) is 6.25. The third-order valence-electron chi connectivity index (χ3n) is 2.74. The Morgan fingerprint density at radius 1 is 1.05 bits per heavy atom. The van der Waals surface area contributed by atoms with Crippen LogP contribution < -0.4 is 9.30 Å². The highest BCUT2D eigenvalue weighted by atomic mass is 16.5. The number of pyridine rings is 1. The van der Waals surface area contributed by atoms with Crippen molar-refractivity contribution < 1.29 is 14.1 Å². The van der Waals surface area contributed by atoms with Gasteiger partial charge in [0.15, 0.2) is 12.4 Å². The average molecular weight is 266 g/mol. The van der Waals surface area contributed by atoms with Gasteiger partial charge < -0.3 is 4.74 Å². The van der Waals surface area contributed by atoms with Crippen molar-refractivity contribution in [3.05, 3.63) is 72.6 Å². The first-order chi connectivity index (χ1) is 9.67. The number of aromatic nitrogens is 1. The molecule has 0 aliphatic heterocycles. The Morgan fingerprint density at radius 3 is 2.15 bits per heavy atom. The molecule has 1 heterocycles. The predicted molar refractivity (Wildman–Crippen MR) is 78.8 cm³/mol. The van der Waals surface area contributed by atoms with Crippen LogP contribution in [-0.4, -0.2) is 5.97 Å². The molecule has 1 aromatic carbocycles. The van der Waals surface area contributed by atoms with E-state index in [-0.39, 0.29) is 0 Å². The second-order valence-electron chi connectivity index (χ2n) is 4.32. The van der Waals surface area contributed by atoms with Gasteiger partial charge in [0.25, 0.3) is 0 Å². The first kappa shape index (κ1) is 13.7. The van der Waals surface area contributed by atoms with Crippen molar-refractivity contribution in [2.75, 3.05) is 0 Å². The van der Waals surface area contributed by atoms with E-state index in [9.17, 15) is 4.79 Å². The van der Waals surface area contributed by atoms with Crippen molar-refractivity contribution >= 4 is 18.1 Å². The molecule has 0 radical (unpaired) electrons. The topological polar surface area (TPSA) is 30.2 Å². The summed E-state index contributed by atoms with van der Waals surface area (Å²) in [5, 5.41) is 0. The van der Waals surface area contributed by atoms with Crippen molar-refractivity contribution in [3.8, 4) is 5.75 Å². The van der Waals surface area contributed by atoms with Crippen molar-refractivity contribution in [2.24, 2.45) is 7.05 Å². The minimum atomic E-state index is -0.453. The highest BCUT2D eigenvalue weighted by molar-refractivity contribution is 5.83. The summed E-state index contributed by atoms with van der Waals surface area (Å²) in [7, 11) is 1.98. The average Bonchev–Trinajstić information content (AvgIpc) is 2.48. The van der Waals surface area contributed by atoms with Crippen LogP contribution in [0.2, 0.25) is 0 Å². The molecular weight excluding hydrogens is 250 g/mol. The van der Waals surface area contributed by atoms with Gasteiger partial charge in [-0.3, -0.25) is 0 Å². The molecule has 1 aromatic heterocycles. The van der Waals surface area contributed by atoms with Gasteiger partial charge in [-0.1, -0.05) is 30.9 Å². The number of carbonyl (C=O) groups is 1. The monoisotopic (exact) mass is 266 g/mol. The van der Waals surface area contributed by atoms with Gasteiger partial charge in [-0.2, -0.15) is 0 Å². The van der Waals surface area contributed by atoms with Crippen molar-refractivity contribution in [3.63, 3.8) is 0 Å². The molecule has 0 bridgehead atoms. The van der Waals surface area contributed by atoms with Crippen LogP contribution in [-0.2, 0) is 11.8 Å². The first-order valence-corrected chi connectivity index (χ1v) is 6.25. The molecule has 0 aliphatic carbocycles. The highest BCUT2D eigenvalue weighted by Crippen LogP contribution is 2.14. The SMILES string of the molecule is C=CC(=O)Oc1ccc(/C=C/c2cc[n+](C)cc2)cc1. The Morgan fingerprint density at radius 2 is 1.60 bits per heavy atom. The molecule has 0 saturated heterocycles. The lowest BCUT2D eigenvalue weighted by atomic mass is 10.1. The second-order valence-corrected chi connectivity index (χ2v) is 4.32. The van der Waals surface area contributed by atoms with Crippen molar-refractivity contribution in [1.82, 2.24) is 0 Å². The summed E-state index contributed by atoms with van der Waals surface area (Å²) in [6.45, 7) is 3.36. The molecule has 0 aliphatic rings. The number of hydrogen-bond donors (Lipinski definition) is 0. The number of carbonyl (C=O) groups excluding carboxylic acids is 1. The quantitative estimate of drug-likeness (QED) is 0.369. The van der Waals surface area contributed by atoms with Gasteiger partial charge in [0.2, 0.25) is 0 Å². The second kappa shape index (κ2) is 6.48. The van der Waals surface area contributed by atoms with Crippen LogP contribution in [0.1, 0.15) is 11.1 Å². The lowest BCUT2D eigenvalue weighted by Crippen LogP contribution is -2.25. The summed E-state index contributed by atoms with van der Waals surface area (Å²) in [5.41, 5.74) is 2.17. The Labute approximate surface area is 118 Å². The zero-order valence-electron chi connectivity index (χ0n) is 11.3. The maximum atomic E-state index is 11.0. The maximum absolute atomic E-state index is 11.0. The lowest BCUT2D eigenvalue weighted by Gasteiger charge is -2.01. The molecule has 0 saturated carbocycles. The zero-order valence-corrected chi connectivity index (χ0v) is 11.3. The minimum absolute atomic E-state index is 0.453. The third-order valence-corrected chi connectivity index (χ3v) is 2.74. The number of benzene rings is 1. The van der Waals surface area contributed by atoms with E-state index in [1.54, 1.807) is 12.1 Å². The van der Waals surface area contributed by atoms with Crippen LogP contribution >= 0.6 is 0 Å². The number of hydrogen-bond acceptors (Lipinski definition) is 2. The largest absolute Gasteiger partial charge is 0.423 e. The molecule has 0 amide bonds. The molecule has 2 aromatic rings. The van der Waals surface area contributed by atoms with E-state index < -0.39 is 5.97 Å². The standard InChI is InChI=1S/C17H16NO2/c1-3-17(19)20-16-8-6-14(7-9-16)4-5-15-10-12-18(2)13-11-15/h3-13H,1H2,2H3/q+1/b5-4+. The number of rotatable bonds is 4. The maximum Gasteiger partial charge on any atom is 0.335 e. The number of aryl methyl sites for hydroxylation is 1. The van der Waals surface area contributed by atoms with Crippen LogP contribution in [0.15, 0.2) is 61.4 Å². The molecule has 0 fully saturated rings. The van der Waals surface area contributed by atoms with E-state index in [0.29, 0.717) is 5.75 Å². The fourth-order valence-corrected chi connectivity index (χ4v) is 1.62. The van der Waals surface area contributed by atoms with E-state index in [4.69, 9.17) is 4.74 Å². The highest BCUT2D eigenvalue weighted by Gasteiger charge is 1.98. The van der Waals surface area contributed by atoms with Crippen LogP contribution in [0.5, 0.6) is 5.75 Å². The summed E-state index contributed by atoms with van der Waals surface area (Å²) < 4.78 is 7.00. The molecule has 3 nitrogen and oxygen atoms in total. The molecule has 100 valence electrons. The molecule has 20 heavy (non-hydrogen) atoms. The predicted octanol–water partition coefficient (Wildman–Crippen LogP) is 2.77. The molecule has 0 spiro atoms. The van der Waals surface area contributed by atoms with Gasteiger partial charge >= 0.3 is 5.97 Å². The van der Waals surface area contributed by atoms with E-state index in [2.05, 4.69) is 6.58 Å². The fourth-order valence-electron chi connectivity index (χ4n) is 1.62. The van der Waals surface area contributed by atoms with Gasteiger partial charge in [-0.25, -0.2) is 9.36 Å². The summed E-state index contributed by atoms with van der Waals surface area (Å²) in [6, 6.07) is 11.4. The van der Waals surface area contributed by atoms with E-state index in [1.165, 1.54) is 0 Å². The Balaban J connectivity index is 2.05. The third kappa shape index (κ3) is 3.92. The van der Waals surface area contributed by atoms with Crippen molar-refractivity contribution in [1.29, 1.82) is 0 Å². The van der Waals surface area contributed by atoms with Gasteiger partial charge in [-0.05, 0) is 23.3 Å². The smallest absolute Gasteiger partial charge is 0.335 e. The Hall–Kier alpha value is -2.68. The van der Waals surface area contributed by atoms with Crippen LogP contribution in [0.25, 0.3) is 12.2 Å². The summed E-state index contributed by atoms with van der Waals surface area (Å²) >= 11 is 0. The van der Waals surface area contributed by atoms with Gasteiger partial charge in [0.1, 0.15) is 12.8 Å². The van der Waals surface area contributed by atoms with Crippen LogP contribution in [0, 0.1) is 0 Å². The van der Waals surface area contributed by atoms with Crippen LogP contribution in [0.3, 0.4) is 0 Å². The minimum Gasteiger partial charge on any atom is -0.423 e. The van der Waals surface area contributed by atoms with Crippen LogP contribution in [0.4, 0.5) is 0 Å². The molecule has 0 unspecified atom stereocenters. The molecule has 3 heteroatoms. The van der Waals surface area contributed by atoms with E-state index >= 15 is 0 Å². The molecule has 0 atom stereocenters. The Kier molecular flexibility index (Phi) is 4.45. The summed E-state index contributed by atoms with van der Waals surface area (Å²) in [6.07, 6.45) is 9.18. The number of nitrogens with zero attached hydrogens (tertiary/aromatic N) is 1.